The Morgan fingerprint density at radius 3 is 2.15 bits per heavy atom. The Bertz CT molecular complexity index is 1020. The largest absolute Gasteiger partial charge is 0.358 e. The first-order valence-corrected chi connectivity index (χ1v) is 8.70. The first-order chi connectivity index (χ1) is 13.0. The highest BCUT2D eigenvalue weighted by molar-refractivity contribution is 6.05. The molecule has 0 saturated carbocycles. The lowest BCUT2D eigenvalue weighted by Gasteiger charge is -2.15. The molecule has 0 unspecified atom stereocenters. The third-order valence-corrected chi connectivity index (χ3v) is 4.88. The summed E-state index contributed by atoms with van der Waals surface area (Å²) in [6.07, 6.45) is 4.31. The molecule has 1 aliphatic heterocycles. The predicted molar refractivity (Wildman–Crippen MR) is 112 cm³/mol. The summed E-state index contributed by atoms with van der Waals surface area (Å²) in [7, 11) is 2.12. The molecule has 0 atom stereocenters. The van der Waals surface area contributed by atoms with Gasteiger partial charge in [-0.15, -0.1) is 0 Å². The van der Waals surface area contributed by atoms with Crippen molar-refractivity contribution in [2.75, 3.05) is 11.9 Å². The molecule has 134 valence electrons. The minimum atomic E-state index is -0.0357. The Hall–Kier alpha value is -3.63. The fraction of sp³-hybridized carbons (Fsp3) is 0.174. The molecule has 0 aromatic heterocycles. The van der Waals surface area contributed by atoms with Gasteiger partial charge in [0.15, 0.2) is 5.71 Å². The molecule has 1 heterocycles. The van der Waals surface area contributed by atoms with Crippen molar-refractivity contribution < 1.29 is 4.58 Å². The number of hydrogen-bond acceptors (Lipinski definition) is 3. The summed E-state index contributed by atoms with van der Waals surface area (Å²) in [6, 6.07) is 26.6. The van der Waals surface area contributed by atoms with Gasteiger partial charge in [-0.1, -0.05) is 30.3 Å². The minimum absolute atomic E-state index is 0.0357. The molecule has 0 spiro atoms. The molecule has 2 aromatic rings. The number of nitrogens with two attached hydrogens (primary N) is 2. The summed E-state index contributed by atoms with van der Waals surface area (Å²) in [5, 5.41) is 0. The van der Waals surface area contributed by atoms with E-state index in [0.717, 1.165) is 11.3 Å². The van der Waals surface area contributed by atoms with E-state index >= 15 is 0 Å². The Balaban J connectivity index is 1.87. The van der Waals surface area contributed by atoms with Crippen molar-refractivity contribution in [3.63, 3.8) is 0 Å². The number of fused-ring (bicyclic) bond motifs is 1. The lowest BCUT2D eigenvalue weighted by Crippen LogP contribution is -2.26. The smallest absolute Gasteiger partial charge is 0.209 e. The molecule has 27 heavy (non-hydrogen) atoms. The maximum Gasteiger partial charge on any atom is 0.209 e. The molecular formula is C23H23N4+. The lowest BCUT2D eigenvalue weighted by atomic mass is 9.81. The monoisotopic (exact) mass is 355 g/mol. The first kappa shape index (κ1) is 18.2. The fourth-order valence-corrected chi connectivity index (χ4v) is 3.50. The van der Waals surface area contributed by atoms with E-state index in [1.807, 2.05) is 24.3 Å². The molecule has 1 aliphatic rings. The zero-order chi connectivity index (χ0) is 19.4. The van der Waals surface area contributed by atoms with Gasteiger partial charge in [0.05, 0.1) is 11.1 Å². The van der Waals surface area contributed by atoms with Crippen LogP contribution in [0, 0.1) is 24.2 Å². The Morgan fingerprint density at radius 2 is 1.56 bits per heavy atom. The SMILES string of the molecule is C[N+]1=C(C=Cc2ccc(N(C#CN)C#CN)cc2)C(C)(C)c2ccccc21. The van der Waals surface area contributed by atoms with E-state index in [4.69, 9.17) is 11.5 Å². The van der Waals surface area contributed by atoms with Crippen molar-refractivity contribution in [3.8, 4) is 24.2 Å². The zero-order valence-corrected chi connectivity index (χ0v) is 15.8. The van der Waals surface area contributed by atoms with Crippen LogP contribution in [-0.4, -0.2) is 17.3 Å². The van der Waals surface area contributed by atoms with Gasteiger partial charge >= 0.3 is 0 Å². The van der Waals surface area contributed by atoms with E-state index in [0.29, 0.717) is 0 Å². The van der Waals surface area contributed by atoms with Gasteiger partial charge in [-0.25, -0.2) is 4.90 Å². The molecule has 4 heteroatoms. The minimum Gasteiger partial charge on any atom is -0.358 e. The maximum absolute atomic E-state index is 5.29. The highest BCUT2D eigenvalue weighted by Crippen LogP contribution is 2.39. The maximum atomic E-state index is 5.29. The van der Waals surface area contributed by atoms with Crippen LogP contribution < -0.4 is 16.4 Å². The van der Waals surface area contributed by atoms with Crippen LogP contribution >= 0.6 is 0 Å². The second-order valence-electron chi connectivity index (χ2n) is 6.86. The second-order valence-corrected chi connectivity index (χ2v) is 6.86. The van der Waals surface area contributed by atoms with Crippen molar-refractivity contribution in [2.45, 2.75) is 19.3 Å². The van der Waals surface area contributed by atoms with Crippen LogP contribution in [-0.2, 0) is 5.41 Å². The Kier molecular flexibility index (Phi) is 4.92. The van der Waals surface area contributed by atoms with Gasteiger partial charge in [0.2, 0.25) is 5.69 Å². The molecule has 3 rings (SSSR count). The summed E-state index contributed by atoms with van der Waals surface area (Å²) in [5.74, 6) is 0. The molecule has 0 amide bonds. The first-order valence-electron chi connectivity index (χ1n) is 8.70. The van der Waals surface area contributed by atoms with Gasteiger partial charge in [0.25, 0.3) is 0 Å². The van der Waals surface area contributed by atoms with Gasteiger partial charge in [-0.05, 0) is 37.6 Å². The topological polar surface area (TPSA) is 58.3 Å². The summed E-state index contributed by atoms with van der Waals surface area (Å²) in [5.41, 5.74) is 16.3. The number of benzene rings is 2. The molecule has 2 aromatic carbocycles. The van der Waals surface area contributed by atoms with Crippen LogP contribution in [0.4, 0.5) is 11.4 Å². The number of hydrogen-bond donors (Lipinski definition) is 2. The van der Waals surface area contributed by atoms with Crippen LogP contribution in [0.1, 0.15) is 25.0 Å². The van der Waals surface area contributed by atoms with E-state index in [9.17, 15) is 0 Å². The quantitative estimate of drug-likeness (QED) is 0.506. The fourth-order valence-electron chi connectivity index (χ4n) is 3.50. The van der Waals surface area contributed by atoms with Crippen molar-refractivity contribution in [2.24, 2.45) is 11.5 Å². The van der Waals surface area contributed by atoms with Crippen molar-refractivity contribution in [1.29, 1.82) is 0 Å². The van der Waals surface area contributed by atoms with Crippen LogP contribution in [0.2, 0.25) is 0 Å². The van der Waals surface area contributed by atoms with Crippen molar-refractivity contribution in [3.05, 3.63) is 65.7 Å². The van der Waals surface area contributed by atoms with Crippen molar-refractivity contribution >= 4 is 23.2 Å². The van der Waals surface area contributed by atoms with Crippen molar-refractivity contribution in [1.82, 2.24) is 0 Å². The highest BCUT2D eigenvalue weighted by atomic mass is 15.1. The molecule has 0 saturated heterocycles. The molecule has 0 bridgehead atoms. The molecule has 4 nitrogen and oxygen atoms in total. The van der Waals surface area contributed by atoms with Gasteiger partial charge in [0, 0.05) is 41.9 Å². The van der Waals surface area contributed by atoms with Gasteiger partial charge < -0.3 is 11.5 Å². The Labute approximate surface area is 160 Å². The summed E-state index contributed by atoms with van der Waals surface area (Å²) in [4.78, 5) is 1.51. The summed E-state index contributed by atoms with van der Waals surface area (Å²) < 4.78 is 2.26. The third kappa shape index (κ3) is 3.38. The average Bonchev–Trinajstić information content (AvgIpc) is 2.87. The van der Waals surface area contributed by atoms with E-state index in [-0.39, 0.29) is 5.41 Å². The molecular weight excluding hydrogens is 332 g/mol. The van der Waals surface area contributed by atoms with E-state index < -0.39 is 0 Å². The summed E-state index contributed by atoms with van der Waals surface area (Å²) >= 11 is 0. The zero-order valence-electron chi connectivity index (χ0n) is 15.8. The third-order valence-electron chi connectivity index (χ3n) is 4.88. The van der Waals surface area contributed by atoms with Crippen LogP contribution in [0.15, 0.2) is 54.6 Å². The predicted octanol–water partition coefficient (Wildman–Crippen LogP) is 2.97. The molecule has 0 fully saturated rings. The van der Waals surface area contributed by atoms with Gasteiger partial charge in [-0.3, -0.25) is 0 Å². The van der Waals surface area contributed by atoms with Crippen LogP contribution in [0.5, 0.6) is 0 Å². The highest BCUT2D eigenvalue weighted by Gasteiger charge is 2.42. The van der Waals surface area contributed by atoms with Gasteiger partial charge in [-0.2, -0.15) is 4.58 Å². The van der Waals surface area contributed by atoms with Crippen LogP contribution in [0.25, 0.3) is 6.08 Å². The van der Waals surface area contributed by atoms with E-state index in [1.54, 1.807) is 0 Å². The standard InChI is InChI=1S/C23H23N4/c1-23(2)20-6-4-5-7-21(20)26(3)22(23)13-10-18-8-11-19(12-9-18)27(16-14-24)17-15-25/h4-13H,24-25H2,1-3H3/q+1. The van der Waals surface area contributed by atoms with E-state index in [2.05, 4.69) is 86.1 Å². The lowest BCUT2D eigenvalue weighted by molar-refractivity contribution is -0.401. The number of rotatable bonds is 3. The second kappa shape index (κ2) is 7.32. The number of nitrogens with zero attached hydrogens (tertiary/aromatic N) is 2. The normalized spacial score (nSPS) is 14.2. The molecule has 0 aliphatic carbocycles. The molecule has 0 radical (unpaired) electrons. The number of anilines is 1. The van der Waals surface area contributed by atoms with E-state index in [1.165, 1.54) is 21.9 Å². The Morgan fingerprint density at radius 1 is 0.926 bits per heavy atom. The average molecular weight is 355 g/mol. The van der Waals surface area contributed by atoms with Crippen LogP contribution in [0.3, 0.4) is 0 Å². The van der Waals surface area contributed by atoms with Gasteiger partial charge in [0.1, 0.15) is 7.05 Å². The molecule has 4 N–H and O–H groups in total. The number of para-hydroxylation sites is 1. The number of allylic oxidation sites excluding steroid dienone is 1. The summed E-state index contributed by atoms with van der Waals surface area (Å²) in [6.45, 7) is 4.51.